The number of primary amides is 1. The van der Waals surface area contributed by atoms with Crippen molar-refractivity contribution < 1.29 is 9.59 Å². The van der Waals surface area contributed by atoms with Crippen molar-refractivity contribution in [2.45, 2.75) is 6.04 Å². The van der Waals surface area contributed by atoms with Gasteiger partial charge in [-0.2, -0.15) is 0 Å². The van der Waals surface area contributed by atoms with Gasteiger partial charge in [-0.25, -0.2) is 0 Å². The number of carbonyl (C=O) groups is 2. The van der Waals surface area contributed by atoms with Gasteiger partial charge in [0.15, 0.2) is 0 Å². The second kappa shape index (κ2) is 5.20. The van der Waals surface area contributed by atoms with Gasteiger partial charge in [-0.3, -0.25) is 14.9 Å². The third-order valence-electron chi connectivity index (χ3n) is 2.45. The third-order valence-corrected chi connectivity index (χ3v) is 3.39. The first-order valence-corrected chi connectivity index (χ1v) is 6.34. The van der Waals surface area contributed by atoms with Crippen molar-refractivity contribution in [3.8, 4) is 0 Å². The summed E-state index contributed by atoms with van der Waals surface area (Å²) in [5.41, 5.74) is 6.14. The fraction of sp³-hybridized carbons (Fsp3) is 0.273. The maximum atomic E-state index is 11.8. The van der Waals surface area contributed by atoms with Gasteiger partial charge in [0.25, 0.3) is 0 Å². The van der Waals surface area contributed by atoms with Crippen LogP contribution in [0.3, 0.4) is 0 Å². The molecular weight excluding hydrogens is 238 g/mol. The second-order valence-corrected chi connectivity index (χ2v) is 4.74. The third kappa shape index (κ3) is 2.98. The summed E-state index contributed by atoms with van der Waals surface area (Å²) in [4.78, 5) is 22.8. The van der Waals surface area contributed by atoms with Crippen LogP contribution in [-0.2, 0) is 4.79 Å². The largest absolute Gasteiger partial charge is 0.366 e. The molecule has 4 N–H and O–H groups in total. The van der Waals surface area contributed by atoms with Crippen LogP contribution in [-0.4, -0.2) is 29.5 Å². The number of hydrogen-bond donors (Lipinski definition) is 3. The van der Waals surface area contributed by atoms with E-state index in [0.29, 0.717) is 11.3 Å². The number of carbonyl (C=O) groups excluding carboxylic acids is 2. The lowest BCUT2D eigenvalue weighted by molar-refractivity contribution is -0.117. The van der Waals surface area contributed by atoms with E-state index in [1.807, 2.05) is 0 Å². The van der Waals surface area contributed by atoms with E-state index in [2.05, 4.69) is 10.6 Å². The molecule has 5 nitrogen and oxygen atoms in total. The van der Waals surface area contributed by atoms with Gasteiger partial charge in [0.2, 0.25) is 11.8 Å². The van der Waals surface area contributed by atoms with Gasteiger partial charge >= 0.3 is 0 Å². The van der Waals surface area contributed by atoms with Crippen LogP contribution in [0.1, 0.15) is 10.4 Å². The van der Waals surface area contributed by atoms with Crippen LogP contribution >= 0.6 is 11.8 Å². The summed E-state index contributed by atoms with van der Waals surface area (Å²) in [5, 5.41) is 5.83. The van der Waals surface area contributed by atoms with Crippen LogP contribution in [0.25, 0.3) is 0 Å². The molecule has 0 spiro atoms. The Balaban J connectivity index is 2.05. The minimum Gasteiger partial charge on any atom is -0.366 e. The van der Waals surface area contributed by atoms with Crippen molar-refractivity contribution in [1.29, 1.82) is 0 Å². The Kier molecular flexibility index (Phi) is 3.65. The molecule has 0 saturated carbocycles. The van der Waals surface area contributed by atoms with Crippen molar-refractivity contribution in [3.05, 3.63) is 29.8 Å². The molecule has 0 radical (unpaired) electrons. The maximum Gasteiger partial charge on any atom is 0.248 e. The van der Waals surface area contributed by atoms with Gasteiger partial charge < -0.3 is 11.1 Å². The van der Waals surface area contributed by atoms with Crippen molar-refractivity contribution in [1.82, 2.24) is 5.32 Å². The van der Waals surface area contributed by atoms with E-state index in [0.717, 1.165) is 11.6 Å². The molecule has 1 unspecified atom stereocenters. The number of rotatable bonds is 3. The minimum atomic E-state index is -0.504. The highest BCUT2D eigenvalue weighted by atomic mass is 32.2. The van der Waals surface area contributed by atoms with Gasteiger partial charge in [-0.15, -0.1) is 11.8 Å². The number of hydrogen-bond acceptors (Lipinski definition) is 4. The quantitative estimate of drug-likeness (QED) is 0.725. The molecule has 1 heterocycles. The lowest BCUT2D eigenvalue weighted by Crippen LogP contribution is -2.37. The number of thioether (sulfide) groups is 1. The van der Waals surface area contributed by atoms with Gasteiger partial charge in [0, 0.05) is 22.9 Å². The molecule has 2 amide bonds. The molecule has 1 saturated heterocycles. The number of anilines is 1. The Morgan fingerprint density at radius 2 is 2.29 bits per heavy atom. The van der Waals surface area contributed by atoms with Gasteiger partial charge in [0.05, 0.1) is 6.04 Å². The highest BCUT2D eigenvalue weighted by Crippen LogP contribution is 2.14. The molecule has 1 aromatic rings. The first-order chi connectivity index (χ1) is 8.16. The molecule has 17 heavy (non-hydrogen) atoms. The van der Waals surface area contributed by atoms with E-state index in [1.165, 1.54) is 0 Å². The molecule has 1 atom stereocenters. The lowest BCUT2D eigenvalue weighted by Gasteiger charge is -2.10. The maximum absolute atomic E-state index is 11.8. The fourth-order valence-corrected chi connectivity index (χ4v) is 2.49. The standard InChI is InChI=1S/C11H13N3O2S/c12-10(15)7-2-1-3-8(4-7)14-11(16)9-5-17-6-13-9/h1-4,9,13H,5-6H2,(H2,12,15)(H,14,16). The molecule has 1 fully saturated rings. The van der Waals surface area contributed by atoms with Crippen LogP contribution in [0.15, 0.2) is 24.3 Å². The normalized spacial score (nSPS) is 18.9. The smallest absolute Gasteiger partial charge is 0.248 e. The number of nitrogens with one attached hydrogen (secondary N) is 2. The van der Waals surface area contributed by atoms with Crippen LogP contribution < -0.4 is 16.4 Å². The van der Waals surface area contributed by atoms with E-state index >= 15 is 0 Å². The average Bonchev–Trinajstić information content (AvgIpc) is 2.82. The first kappa shape index (κ1) is 11.9. The van der Waals surface area contributed by atoms with Crippen LogP contribution in [0.2, 0.25) is 0 Å². The molecule has 1 aromatic carbocycles. The zero-order valence-corrected chi connectivity index (χ0v) is 9.92. The van der Waals surface area contributed by atoms with Crippen molar-refractivity contribution in [2.24, 2.45) is 5.73 Å². The molecule has 0 aromatic heterocycles. The molecule has 1 aliphatic rings. The molecular formula is C11H13N3O2S. The summed E-state index contributed by atoms with van der Waals surface area (Å²) in [5.74, 6) is 0.966. The topological polar surface area (TPSA) is 84.2 Å². The average molecular weight is 251 g/mol. The number of nitrogens with two attached hydrogens (primary N) is 1. The Labute approximate surface area is 103 Å². The monoisotopic (exact) mass is 251 g/mol. The van der Waals surface area contributed by atoms with E-state index in [9.17, 15) is 9.59 Å². The second-order valence-electron chi connectivity index (χ2n) is 3.71. The van der Waals surface area contributed by atoms with Crippen molar-refractivity contribution >= 4 is 29.3 Å². The Bertz CT molecular complexity index is 444. The Morgan fingerprint density at radius 3 is 2.94 bits per heavy atom. The van der Waals surface area contributed by atoms with E-state index in [-0.39, 0.29) is 11.9 Å². The molecule has 90 valence electrons. The Morgan fingerprint density at radius 1 is 1.47 bits per heavy atom. The predicted octanol–water partition coefficient (Wildman–Crippen LogP) is 0.386. The summed E-state index contributed by atoms with van der Waals surface area (Å²) in [6.07, 6.45) is 0. The van der Waals surface area contributed by atoms with E-state index < -0.39 is 5.91 Å². The molecule has 2 rings (SSSR count). The van der Waals surface area contributed by atoms with Crippen LogP contribution in [0.5, 0.6) is 0 Å². The van der Waals surface area contributed by atoms with Gasteiger partial charge in [-0.1, -0.05) is 6.07 Å². The van der Waals surface area contributed by atoms with Gasteiger partial charge in [-0.05, 0) is 18.2 Å². The zero-order valence-electron chi connectivity index (χ0n) is 9.10. The van der Waals surface area contributed by atoms with Crippen molar-refractivity contribution in [2.75, 3.05) is 16.9 Å². The minimum absolute atomic E-state index is 0.0865. The molecule has 0 bridgehead atoms. The predicted molar refractivity (Wildman–Crippen MR) is 67.8 cm³/mol. The summed E-state index contributed by atoms with van der Waals surface area (Å²) >= 11 is 1.68. The van der Waals surface area contributed by atoms with Crippen LogP contribution in [0, 0.1) is 0 Å². The number of benzene rings is 1. The summed E-state index contributed by atoms with van der Waals surface area (Å²) in [7, 11) is 0. The zero-order chi connectivity index (χ0) is 12.3. The first-order valence-electron chi connectivity index (χ1n) is 5.18. The summed E-state index contributed by atoms with van der Waals surface area (Å²) in [6.45, 7) is 0. The number of amides is 2. The molecule has 1 aliphatic heterocycles. The molecule has 6 heteroatoms. The fourth-order valence-electron chi connectivity index (χ4n) is 1.54. The SMILES string of the molecule is NC(=O)c1cccc(NC(=O)C2CSCN2)c1. The highest BCUT2D eigenvalue weighted by molar-refractivity contribution is 7.99. The lowest BCUT2D eigenvalue weighted by atomic mass is 10.2. The Hall–Kier alpha value is -1.53. The highest BCUT2D eigenvalue weighted by Gasteiger charge is 2.22. The van der Waals surface area contributed by atoms with E-state index in [1.54, 1.807) is 36.0 Å². The molecule has 0 aliphatic carbocycles. The van der Waals surface area contributed by atoms with Crippen LogP contribution in [0.4, 0.5) is 5.69 Å². The van der Waals surface area contributed by atoms with Crippen molar-refractivity contribution in [3.63, 3.8) is 0 Å². The van der Waals surface area contributed by atoms with Gasteiger partial charge in [0.1, 0.15) is 0 Å². The van der Waals surface area contributed by atoms with E-state index in [4.69, 9.17) is 5.73 Å². The summed E-state index contributed by atoms with van der Waals surface area (Å²) < 4.78 is 0. The summed E-state index contributed by atoms with van der Waals surface area (Å²) in [6, 6.07) is 6.43.